The van der Waals surface area contributed by atoms with Gasteiger partial charge in [-0.3, -0.25) is 4.79 Å². The smallest absolute Gasteiger partial charge is 0.342 e. The van der Waals surface area contributed by atoms with Crippen LogP contribution in [0.3, 0.4) is 0 Å². The molecule has 0 radical (unpaired) electrons. The van der Waals surface area contributed by atoms with Gasteiger partial charge in [-0.25, -0.2) is 9.59 Å². The van der Waals surface area contributed by atoms with E-state index >= 15 is 0 Å². The molecule has 0 unspecified atom stereocenters. The second-order valence-corrected chi connectivity index (χ2v) is 2.65. The van der Waals surface area contributed by atoms with Crippen LogP contribution in [0.4, 0.5) is 0 Å². The molecule has 0 atom stereocenters. The number of rotatable bonds is 3. The summed E-state index contributed by atoms with van der Waals surface area (Å²) in [5.41, 5.74) is 0.203. The van der Waals surface area contributed by atoms with Crippen LogP contribution in [0, 0.1) is 0 Å². The van der Waals surface area contributed by atoms with Crippen LogP contribution in [-0.2, 0) is 19.1 Å². The lowest BCUT2D eigenvalue weighted by Gasteiger charge is -1.93. The Kier molecular flexibility index (Phi) is 2.60. The van der Waals surface area contributed by atoms with Crippen molar-refractivity contribution in [3.05, 3.63) is 11.6 Å². The fourth-order valence-corrected chi connectivity index (χ4v) is 0.889. The lowest BCUT2D eigenvalue weighted by Crippen LogP contribution is -2.02. The van der Waals surface area contributed by atoms with Crippen LogP contribution < -0.4 is 0 Å². The van der Waals surface area contributed by atoms with Crippen molar-refractivity contribution in [3.63, 3.8) is 0 Å². The van der Waals surface area contributed by atoms with E-state index in [2.05, 4.69) is 4.74 Å². The van der Waals surface area contributed by atoms with Crippen LogP contribution in [0.5, 0.6) is 0 Å². The molecule has 0 aromatic rings. The molecule has 64 valence electrons. The van der Waals surface area contributed by atoms with Gasteiger partial charge in [-0.05, 0) is 18.0 Å². The number of halogens is 1. The molecule has 1 heterocycles. The van der Waals surface area contributed by atoms with Gasteiger partial charge in [0.05, 0.1) is 0 Å². The number of carbonyl (C=O) groups excluding carboxylic acids is 3. The van der Waals surface area contributed by atoms with Gasteiger partial charge in [-0.2, -0.15) is 0 Å². The highest BCUT2D eigenvalue weighted by Crippen LogP contribution is 2.14. The monoisotopic (exact) mass is 188 g/mol. The quantitative estimate of drug-likeness (QED) is 0.369. The first-order valence-electron chi connectivity index (χ1n) is 3.24. The van der Waals surface area contributed by atoms with Crippen LogP contribution in [0.15, 0.2) is 11.6 Å². The lowest BCUT2D eigenvalue weighted by atomic mass is 10.1. The number of esters is 2. The van der Waals surface area contributed by atoms with E-state index in [9.17, 15) is 14.4 Å². The maximum Gasteiger partial charge on any atom is 0.342 e. The minimum atomic E-state index is -0.683. The van der Waals surface area contributed by atoms with Gasteiger partial charge in [0, 0.05) is 18.1 Å². The fourth-order valence-electron chi connectivity index (χ4n) is 0.795. The molecule has 12 heavy (non-hydrogen) atoms. The van der Waals surface area contributed by atoms with E-state index in [-0.39, 0.29) is 18.4 Å². The molecule has 0 saturated heterocycles. The Balaban J connectivity index is 2.52. The molecular formula is C7H5ClO4. The number of hydrogen-bond donors (Lipinski definition) is 0. The minimum absolute atomic E-state index is 0.0375. The Morgan fingerprint density at radius 1 is 1.50 bits per heavy atom. The molecule has 0 fully saturated rings. The van der Waals surface area contributed by atoms with Crippen molar-refractivity contribution in [1.82, 2.24) is 0 Å². The SMILES string of the molecule is O=C(Cl)CCC1=CC(=O)OC1=O. The molecule has 0 spiro atoms. The summed E-state index contributed by atoms with van der Waals surface area (Å²) in [7, 11) is 0. The van der Waals surface area contributed by atoms with E-state index < -0.39 is 17.2 Å². The molecule has 0 bridgehead atoms. The summed E-state index contributed by atoms with van der Waals surface area (Å²) in [4.78, 5) is 31.5. The normalized spacial score (nSPS) is 15.9. The molecule has 0 amide bonds. The molecule has 0 saturated carbocycles. The first-order chi connectivity index (χ1) is 5.59. The summed E-state index contributed by atoms with van der Waals surface area (Å²) in [6.45, 7) is 0. The van der Waals surface area contributed by atoms with Gasteiger partial charge < -0.3 is 4.74 Å². The number of cyclic esters (lactones) is 2. The predicted octanol–water partition coefficient (Wildman–Crippen LogP) is 0.542. The molecule has 1 rings (SSSR count). The summed E-state index contributed by atoms with van der Waals surface area (Å²) < 4.78 is 4.18. The molecule has 0 aromatic carbocycles. The average molecular weight is 189 g/mol. The van der Waals surface area contributed by atoms with Crippen molar-refractivity contribution >= 4 is 28.8 Å². The summed E-state index contributed by atoms with van der Waals surface area (Å²) >= 11 is 5.04. The van der Waals surface area contributed by atoms with Gasteiger partial charge in [-0.15, -0.1) is 0 Å². The second kappa shape index (κ2) is 3.49. The highest BCUT2D eigenvalue weighted by Gasteiger charge is 2.23. The van der Waals surface area contributed by atoms with E-state index in [0.29, 0.717) is 0 Å². The Labute approximate surface area is 73.1 Å². The van der Waals surface area contributed by atoms with Gasteiger partial charge >= 0.3 is 11.9 Å². The predicted molar refractivity (Wildman–Crippen MR) is 39.3 cm³/mol. The van der Waals surface area contributed by atoms with Crippen molar-refractivity contribution in [3.8, 4) is 0 Å². The number of carbonyl (C=O) groups is 3. The van der Waals surface area contributed by atoms with Crippen molar-refractivity contribution in [2.45, 2.75) is 12.8 Å². The first kappa shape index (κ1) is 8.93. The van der Waals surface area contributed by atoms with Crippen molar-refractivity contribution in [2.75, 3.05) is 0 Å². The third-order valence-electron chi connectivity index (χ3n) is 1.34. The Hall–Kier alpha value is -1.16. The van der Waals surface area contributed by atoms with Crippen molar-refractivity contribution < 1.29 is 19.1 Å². The van der Waals surface area contributed by atoms with Gasteiger partial charge in [-0.1, -0.05) is 0 Å². The van der Waals surface area contributed by atoms with E-state index in [0.717, 1.165) is 6.08 Å². The van der Waals surface area contributed by atoms with Gasteiger partial charge in [0.25, 0.3) is 0 Å². The van der Waals surface area contributed by atoms with E-state index in [1.165, 1.54) is 0 Å². The topological polar surface area (TPSA) is 60.4 Å². The maximum atomic E-state index is 10.7. The van der Waals surface area contributed by atoms with E-state index in [1.54, 1.807) is 0 Å². The second-order valence-electron chi connectivity index (χ2n) is 2.23. The molecule has 0 aromatic heterocycles. The third-order valence-corrected chi connectivity index (χ3v) is 1.53. The summed E-state index contributed by atoms with van der Waals surface area (Å²) in [5.74, 6) is -1.37. The standard InChI is InChI=1S/C7H5ClO4/c8-5(9)2-1-4-3-6(10)12-7(4)11/h3H,1-2H2. The zero-order chi connectivity index (χ0) is 9.14. The largest absolute Gasteiger partial charge is 0.386 e. The summed E-state index contributed by atoms with van der Waals surface area (Å²) in [6, 6.07) is 0. The molecule has 0 N–H and O–H groups in total. The summed E-state index contributed by atoms with van der Waals surface area (Å²) in [6.07, 6.45) is 1.27. The van der Waals surface area contributed by atoms with Crippen molar-refractivity contribution in [2.24, 2.45) is 0 Å². The van der Waals surface area contributed by atoms with Crippen LogP contribution in [-0.4, -0.2) is 17.2 Å². The van der Waals surface area contributed by atoms with Crippen LogP contribution in [0.1, 0.15) is 12.8 Å². The van der Waals surface area contributed by atoms with Gasteiger partial charge in [0.2, 0.25) is 5.24 Å². The van der Waals surface area contributed by atoms with Crippen LogP contribution in [0.25, 0.3) is 0 Å². The minimum Gasteiger partial charge on any atom is -0.386 e. The van der Waals surface area contributed by atoms with Gasteiger partial charge in [0.15, 0.2) is 0 Å². The highest BCUT2D eigenvalue weighted by atomic mass is 35.5. The fraction of sp³-hybridized carbons (Fsp3) is 0.286. The molecular weight excluding hydrogens is 184 g/mol. The van der Waals surface area contributed by atoms with Gasteiger partial charge in [0.1, 0.15) is 0 Å². The summed E-state index contributed by atoms with van der Waals surface area (Å²) in [5, 5.41) is -0.539. The van der Waals surface area contributed by atoms with Crippen LogP contribution in [0.2, 0.25) is 0 Å². The molecule has 5 heteroatoms. The number of ether oxygens (including phenoxy) is 1. The molecule has 0 aliphatic carbocycles. The van der Waals surface area contributed by atoms with Crippen molar-refractivity contribution in [1.29, 1.82) is 0 Å². The first-order valence-corrected chi connectivity index (χ1v) is 3.62. The Bertz CT molecular complexity index is 279. The third kappa shape index (κ3) is 2.17. The molecule has 1 aliphatic heterocycles. The Morgan fingerprint density at radius 3 is 2.58 bits per heavy atom. The average Bonchev–Trinajstić information content (AvgIpc) is 2.26. The van der Waals surface area contributed by atoms with E-state index in [4.69, 9.17) is 11.6 Å². The number of hydrogen-bond acceptors (Lipinski definition) is 4. The van der Waals surface area contributed by atoms with E-state index in [1.807, 2.05) is 0 Å². The maximum absolute atomic E-state index is 10.7. The molecule has 4 nitrogen and oxygen atoms in total. The molecule has 1 aliphatic rings. The Morgan fingerprint density at radius 2 is 2.17 bits per heavy atom. The zero-order valence-electron chi connectivity index (χ0n) is 6.00. The lowest BCUT2D eigenvalue weighted by molar-refractivity contribution is -0.150. The zero-order valence-corrected chi connectivity index (χ0v) is 6.76. The highest BCUT2D eigenvalue weighted by molar-refractivity contribution is 6.63. The van der Waals surface area contributed by atoms with Crippen LogP contribution >= 0.6 is 11.6 Å².